The van der Waals surface area contributed by atoms with Crippen molar-refractivity contribution in [1.29, 1.82) is 0 Å². The summed E-state index contributed by atoms with van der Waals surface area (Å²) in [5, 5.41) is 0. The van der Waals surface area contributed by atoms with Crippen molar-refractivity contribution in [1.82, 2.24) is 9.80 Å². The summed E-state index contributed by atoms with van der Waals surface area (Å²) in [5.41, 5.74) is 2.93. The van der Waals surface area contributed by atoms with Crippen molar-refractivity contribution in [3.63, 3.8) is 0 Å². The van der Waals surface area contributed by atoms with Crippen LogP contribution in [-0.2, 0) is 0 Å². The summed E-state index contributed by atoms with van der Waals surface area (Å²) in [6, 6.07) is 29.6. The van der Waals surface area contributed by atoms with Crippen molar-refractivity contribution in [2.75, 3.05) is 6.54 Å². The maximum Gasteiger partial charge on any atom is 0.264 e. The number of fused-ring (bicyclic) bond motifs is 3. The molecule has 2 aliphatic heterocycles. The van der Waals surface area contributed by atoms with Crippen LogP contribution >= 0.6 is 11.3 Å². The van der Waals surface area contributed by atoms with E-state index in [0.717, 1.165) is 57.2 Å². The molecule has 3 aromatic carbocycles. The second kappa shape index (κ2) is 11.8. The van der Waals surface area contributed by atoms with Gasteiger partial charge in [0.05, 0.1) is 17.0 Å². The number of para-hydroxylation sites is 1. The van der Waals surface area contributed by atoms with Gasteiger partial charge < -0.3 is 14.5 Å². The number of piperidine rings is 1. The van der Waals surface area contributed by atoms with Gasteiger partial charge >= 0.3 is 0 Å². The van der Waals surface area contributed by atoms with Gasteiger partial charge in [0, 0.05) is 23.0 Å². The first-order valence-electron chi connectivity index (χ1n) is 14.4. The van der Waals surface area contributed by atoms with Crippen molar-refractivity contribution in [2.45, 2.75) is 51.2 Å². The summed E-state index contributed by atoms with van der Waals surface area (Å²) < 4.78 is 5.94. The fourth-order valence-electron chi connectivity index (χ4n) is 6.18. The van der Waals surface area contributed by atoms with E-state index in [-0.39, 0.29) is 29.9 Å². The molecule has 1 aromatic heterocycles. The molecule has 41 heavy (non-hydrogen) atoms. The van der Waals surface area contributed by atoms with Gasteiger partial charge in [0.2, 0.25) is 0 Å². The summed E-state index contributed by atoms with van der Waals surface area (Å²) in [6.07, 6.45) is 6.51. The van der Waals surface area contributed by atoms with Crippen molar-refractivity contribution < 1.29 is 14.3 Å². The van der Waals surface area contributed by atoms with Gasteiger partial charge in [-0.15, -0.1) is 11.3 Å². The van der Waals surface area contributed by atoms with Crippen LogP contribution in [0.4, 0.5) is 0 Å². The van der Waals surface area contributed by atoms with Gasteiger partial charge in [-0.05, 0) is 91.9 Å². The number of amides is 2. The summed E-state index contributed by atoms with van der Waals surface area (Å²) in [4.78, 5) is 33.2. The molecule has 3 atom stereocenters. The predicted octanol–water partition coefficient (Wildman–Crippen LogP) is 8.36. The highest BCUT2D eigenvalue weighted by molar-refractivity contribution is 7.17. The molecule has 6 rings (SSSR count). The van der Waals surface area contributed by atoms with Crippen LogP contribution in [0, 0.1) is 0 Å². The average molecular weight is 563 g/mol. The van der Waals surface area contributed by atoms with Crippen LogP contribution in [-0.4, -0.2) is 40.2 Å². The molecule has 2 amide bonds. The lowest BCUT2D eigenvalue weighted by molar-refractivity contribution is 0.0327. The zero-order valence-corrected chi connectivity index (χ0v) is 24.2. The molecular formula is C35H34N2O3S. The minimum atomic E-state index is -0.0358. The molecule has 208 valence electrons. The van der Waals surface area contributed by atoms with Gasteiger partial charge in [-0.25, -0.2) is 0 Å². The molecule has 4 aromatic rings. The highest BCUT2D eigenvalue weighted by atomic mass is 32.1. The smallest absolute Gasteiger partial charge is 0.264 e. The molecule has 0 N–H and O–H groups in total. The van der Waals surface area contributed by atoms with Crippen molar-refractivity contribution >= 4 is 23.2 Å². The van der Waals surface area contributed by atoms with Gasteiger partial charge in [-0.3, -0.25) is 9.59 Å². The van der Waals surface area contributed by atoms with Gasteiger partial charge in [0.1, 0.15) is 11.5 Å². The van der Waals surface area contributed by atoms with Crippen LogP contribution < -0.4 is 4.74 Å². The Hall–Kier alpha value is -4.16. The van der Waals surface area contributed by atoms with E-state index < -0.39 is 0 Å². The zero-order chi connectivity index (χ0) is 28.3. The molecule has 0 bridgehead atoms. The number of carbonyl (C=O) groups excluding carboxylic acids is 2. The maximum atomic E-state index is 14.0. The molecule has 0 aliphatic carbocycles. The highest BCUT2D eigenvalue weighted by Gasteiger charge is 2.46. The number of hydrogen-bond donors (Lipinski definition) is 0. The molecule has 2 aliphatic rings. The van der Waals surface area contributed by atoms with Crippen LogP contribution in [0.5, 0.6) is 11.5 Å². The summed E-state index contributed by atoms with van der Waals surface area (Å²) >= 11 is 1.53. The standard InChI is InChI=1S/C35H34N2O3S/c1-3-10-25-22-26(23-31-29-13-8-9-14-30(29)34(38)37(25)31)36(21-4-2)35(39)33-20-19-32(41-33)24-15-17-28(18-16-24)40-27-11-6-5-7-12-27/h3,5-20,25-26,31H,4,21-23H2,1-2H3/b10-3+/t25-,26?,31+/m1/s1. The van der Waals surface area contributed by atoms with Crippen LogP contribution in [0.3, 0.4) is 0 Å². The fraction of sp³-hybridized carbons (Fsp3) is 0.257. The van der Waals surface area contributed by atoms with Crippen LogP contribution in [0.25, 0.3) is 10.4 Å². The molecule has 1 unspecified atom stereocenters. The predicted molar refractivity (Wildman–Crippen MR) is 165 cm³/mol. The van der Waals surface area contributed by atoms with E-state index >= 15 is 0 Å². The van der Waals surface area contributed by atoms with E-state index in [1.54, 1.807) is 0 Å². The minimum Gasteiger partial charge on any atom is -0.457 e. The minimum absolute atomic E-state index is 0.0127. The van der Waals surface area contributed by atoms with Crippen LogP contribution in [0.2, 0.25) is 0 Å². The molecule has 5 nitrogen and oxygen atoms in total. The lowest BCUT2D eigenvalue weighted by atomic mass is 9.88. The van der Waals surface area contributed by atoms with E-state index in [9.17, 15) is 9.59 Å². The number of benzene rings is 3. The normalized spacial score (nSPS) is 19.7. The SMILES string of the molecule is C/C=C/[C@@H]1CC(N(CCC)C(=O)c2ccc(-c3ccc(Oc4ccccc4)cc3)s2)C[C@H]2c3ccccc3C(=O)N12. The number of thiophene rings is 1. The van der Waals surface area contributed by atoms with Gasteiger partial charge in [0.15, 0.2) is 0 Å². The van der Waals surface area contributed by atoms with Gasteiger partial charge in [-0.2, -0.15) is 0 Å². The molecular weight excluding hydrogens is 528 g/mol. The summed E-state index contributed by atoms with van der Waals surface area (Å²) in [7, 11) is 0. The molecule has 3 heterocycles. The third kappa shape index (κ3) is 5.32. The Morgan fingerprint density at radius 3 is 2.44 bits per heavy atom. The average Bonchev–Trinajstić information content (AvgIpc) is 3.61. The van der Waals surface area contributed by atoms with Crippen molar-refractivity contribution in [3.8, 4) is 21.9 Å². The zero-order valence-electron chi connectivity index (χ0n) is 23.4. The Labute approximate surface area is 245 Å². The van der Waals surface area contributed by atoms with Crippen molar-refractivity contribution in [2.24, 2.45) is 0 Å². The Bertz CT molecular complexity index is 1560. The number of nitrogens with zero attached hydrogens (tertiary/aromatic N) is 2. The number of ether oxygens (including phenoxy) is 1. The maximum absolute atomic E-state index is 14.0. The Kier molecular flexibility index (Phi) is 7.75. The quantitative estimate of drug-likeness (QED) is 0.203. The number of rotatable bonds is 8. The topological polar surface area (TPSA) is 49.9 Å². The van der Waals surface area contributed by atoms with E-state index in [1.165, 1.54) is 11.3 Å². The second-order valence-corrected chi connectivity index (χ2v) is 11.7. The molecule has 0 radical (unpaired) electrons. The van der Waals surface area contributed by atoms with E-state index in [4.69, 9.17) is 4.74 Å². The first kappa shape index (κ1) is 27.0. The van der Waals surface area contributed by atoms with E-state index in [2.05, 4.69) is 24.0 Å². The van der Waals surface area contributed by atoms with Crippen molar-refractivity contribution in [3.05, 3.63) is 119 Å². The van der Waals surface area contributed by atoms with Gasteiger partial charge in [0.25, 0.3) is 11.8 Å². The first-order valence-corrected chi connectivity index (χ1v) is 15.2. The third-order valence-corrected chi connectivity index (χ3v) is 9.12. The lowest BCUT2D eigenvalue weighted by Crippen LogP contribution is -2.52. The number of allylic oxidation sites excluding steroid dienone is 1. The summed E-state index contributed by atoms with van der Waals surface area (Å²) in [5.74, 6) is 1.75. The number of hydrogen-bond acceptors (Lipinski definition) is 4. The lowest BCUT2D eigenvalue weighted by Gasteiger charge is -2.44. The molecule has 0 saturated carbocycles. The number of carbonyl (C=O) groups is 2. The molecule has 1 fully saturated rings. The Morgan fingerprint density at radius 1 is 0.951 bits per heavy atom. The summed E-state index contributed by atoms with van der Waals surface area (Å²) in [6.45, 7) is 4.80. The Balaban J connectivity index is 1.22. The van der Waals surface area contributed by atoms with Crippen LogP contribution in [0.1, 0.15) is 64.7 Å². The van der Waals surface area contributed by atoms with E-state index in [0.29, 0.717) is 6.54 Å². The highest BCUT2D eigenvalue weighted by Crippen LogP contribution is 2.44. The largest absolute Gasteiger partial charge is 0.457 e. The molecule has 0 spiro atoms. The first-order chi connectivity index (χ1) is 20.1. The molecule has 6 heteroatoms. The second-order valence-electron chi connectivity index (χ2n) is 10.6. The Morgan fingerprint density at radius 2 is 1.68 bits per heavy atom. The monoisotopic (exact) mass is 562 g/mol. The molecule has 1 saturated heterocycles. The van der Waals surface area contributed by atoms with Gasteiger partial charge in [-0.1, -0.05) is 55.5 Å². The van der Waals surface area contributed by atoms with E-state index in [1.807, 2.05) is 103 Å². The van der Waals surface area contributed by atoms with Crippen LogP contribution in [0.15, 0.2) is 103 Å². The fourth-order valence-corrected chi connectivity index (χ4v) is 7.15. The third-order valence-electron chi connectivity index (χ3n) is 8.00.